The molecule has 132 valence electrons. The third-order valence-electron chi connectivity index (χ3n) is 3.14. The van der Waals surface area contributed by atoms with Crippen molar-refractivity contribution in [2.45, 2.75) is 32.4 Å². The summed E-state index contributed by atoms with van der Waals surface area (Å²) in [5.41, 5.74) is 0. The molecule has 2 N–H and O–H groups in total. The highest BCUT2D eigenvalue weighted by Gasteiger charge is 2.28. The molecule has 0 saturated carbocycles. The zero-order valence-corrected chi connectivity index (χ0v) is 17.8. The van der Waals surface area contributed by atoms with E-state index in [2.05, 4.69) is 33.8 Å². The van der Waals surface area contributed by atoms with E-state index >= 15 is 0 Å². The molecule has 1 saturated heterocycles. The lowest BCUT2D eigenvalue weighted by Gasteiger charge is -2.39. The van der Waals surface area contributed by atoms with Gasteiger partial charge in [0.05, 0.1) is 12.3 Å². The van der Waals surface area contributed by atoms with Gasteiger partial charge in [-0.15, -0.1) is 24.0 Å². The Bertz CT molecular complexity index is 455. The zero-order chi connectivity index (χ0) is 15.9. The van der Waals surface area contributed by atoms with Gasteiger partial charge in [-0.3, -0.25) is 4.99 Å². The van der Waals surface area contributed by atoms with Crippen LogP contribution >= 0.6 is 35.7 Å². The molecule has 1 heterocycles. The van der Waals surface area contributed by atoms with Gasteiger partial charge < -0.3 is 10.2 Å². The molecule has 1 aliphatic heterocycles. The van der Waals surface area contributed by atoms with E-state index in [1.807, 2.05) is 18.7 Å². The summed E-state index contributed by atoms with van der Waals surface area (Å²) in [6.45, 7) is 11.7. The zero-order valence-electron chi connectivity index (χ0n) is 13.9. The third kappa shape index (κ3) is 8.21. The topological polar surface area (TPSA) is 73.8 Å². The van der Waals surface area contributed by atoms with E-state index in [0.717, 1.165) is 31.3 Å². The van der Waals surface area contributed by atoms with Crippen LogP contribution in [0.25, 0.3) is 0 Å². The smallest absolute Gasteiger partial charge is 0.211 e. The third-order valence-corrected chi connectivity index (χ3v) is 5.84. The van der Waals surface area contributed by atoms with Gasteiger partial charge in [0.25, 0.3) is 0 Å². The van der Waals surface area contributed by atoms with Crippen molar-refractivity contribution in [1.82, 2.24) is 14.9 Å². The molecule has 0 radical (unpaired) electrons. The Morgan fingerprint density at radius 1 is 1.36 bits per heavy atom. The number of nitrogens with one attached hydrogen (secondary N) is 2. The number of rotatable bonds is 6. The Kier molecular flexibility index (Phi) is 10.3. The molecular weight excluding hydrogens is 435 g/mol. The van der Waals surface area contributed by atoms with Crippen LogP contribution in [-0.2, 0) is 10.0 Å². The van der Waals surface area contributed by atoms with E-state index in [4.69, 9.17) is 0 Å². The van der Waals surface area contributed by atoms with E-state index in [9.17, 15) is 8.42 Å². The van der Waals surface area contributed by atoms with Crippen LogP contribution in [-0.4, -0.2) is 68.3 Å². The lowest BCUT2D eigenvalue weighted by molar-refractivity contribution is 0.376. The first-order valence-corrected chi connectivity index (χ1v) is 10.1. The molecule has 9 heteroatoms. The molecule has 0 aliphatic carbocycles. The van der Waals surface area contributed by atoms with Gasteiger partial charge >= 0.3 is 0 Å². The molecule has 0 aromatic rings. The summed E-state index contributed by atoms with van der Waals surface area (Å²) in [4.78, 5) is 6.79. The standard InChI is InChI=1S/C13H28N4O2S2.HI/c1-5-14-12(15-7-8-16-21(18,19)6-2)17-9-10-20-13(3,4)11-17;/h16H,5-11H2,1-4H3,(H,14,15);1H. The first-order valence-electron chi connectivity index (χ1n) is 7.44. The fourth-order valence-electron chi connectivity index (χ4n) is 2.09. The number of sulfonamides is 1. The second-order valence-corrected chi connectivity index (χ2v) is 9.46. The van der Waals surface area contributed by atoms with Crippen LogP contribution in [0.2, 0.25) is 0 Å². The minimum absolute atomic E-state index is 0. The summed E-state index contributed by atoms with van der Waals surface area (Å²) in [7, 11) is -3.13. The molecule has 0 atom stereocenters. The molecule has 0 bridgehead atoms. The summed E-state index contributed by atoms with van der Waals surface area (Å²) in [5, 5.41) is 3.29. The maximum absolute atomic E-state index is 11.4. The van der Waals surface area contributed by atoms with Crippen molar-refractivity contribution in [3.8, 4) is 0 Å². The van der Waals surface area contributed by atoms with Crippen molar-refractivity contribution in [3.05, 3.63) is 0 Å². The van der Waals surface area contributed by atoms with E-state index in [-0.39, 0.29) is 34.5 Å². The van der Waals surface area contributed by atoms with Gasteiger partial charge in [-0.05, 0) is 27.7 Å². The summed E-state index contributed by atoms with van der Waals surface area (Å²) >= 11 is 1.98. The predicted octanol–water partition coefficient (Wildman–Crippen LogP) is 1.34. The van der Waals surface area contributed by atoms with Gasteiger partial charge in [-0.1, -0.05) is 0 Å². The fraction of sp³-hybridized carbons (Fsp3) is 0.923. The minimum atomic E-state index is -3.13. The van der Waals surface area contributed by atoms with Gasteiger partial charge in [0.1, 0.15) is 0 Å². The molecule has 0 aromatic heterocycles. The van der Waals surface area contributed by atoms with Crippen LogP contribution in [0.1, 0.15) is 27.7 Å². The highest BCUT2D eigenvalue weighted by atomic mass is 127. The second-order valence-electron chi connectivity index (χ2n) is 5.56. The van der Waals surface area contributed by atoms with Crippen LogP contribution in [0.15, 0.2) is 4.99 Å². The van der Waals surface area contributed by atoms with Gasteiger partial charge in [-0.25, -0.2) is 13.1 Å². The maximum Gasteiger partial charge on any atom is 0.211 e. The SMILES string of the molecule is CCNC(=NCCNS(=O)(=O)CC)N1CCSC(C)(C)C1.I. The number of nitrogens with zero attached hydrogens (tertiary/aromatic N) is 2. The van der Waals surface area contributed by atoms with Crippen LogP contribution < -0.4 is 10.0 Å². The van der Waals surface area contributed by atoms with Gasteiger partial charge in [-0.2, -0.15) is 11.8 Å². The van der Waals surface area contributed by atoms with Crippen LogP contribution in [0.3, 0.4) is 0 Å². The quantitative estimate of drug-likeness (QED) is 0.269. The fourth-order valence-corrected chi connectivity index (χ4v) is 3.81. The van der Waals surface area contributed by atoms with Gasteiger partial charge in [0.15, 0.2) is 5.96 Å². The largest absolute Gasteiger partial charge is 0.357 e. The highest BCUT2D eigenvalue weighted by molar-refractivity contribution is 14.0. The van der Waals surface area contributed by atoms with E-state index in [1.54, 1.807) is 6.92 Å². The monoisotopic (exact) mass is 464 g/mol. The Hall–Kier alpha value is 0.260. The van der Waals surface area contributed by atoms with Gasteiger partial charge in [0, 0.05) is 36.7 Å². The van der Waals surface area contributed by atoms with Crippen LogP contribution in [0.4, 0.5) is 0 Å². The molecule has 22 heavy (non-hydrogen) atoms. The molecule has 0 spiro atoms. The number of halogens is 1. The number of guanidine groups is 1. The summed E-state index contributed by atoms with van der Waals surface area (Å²) in [6.07, 6.45) is 0. The van der Waals surface area contributed by atoms with Crippen LogP contribution in [0.5, 0.6) is 0 Å². The van der Waals surface area contributed by atoms with Crippen LogP contribution in [0, 0.1) is 0 Å². The molecule has 0 amide bonds. The van der Waals surface area contributed by atoms with Crippen molar-refractivity contribution in [1.29, 1.82) is 0 Å². The maximum atomic E-state index is 11.4. The van der Waals surface area contributed by atoms with Crippen molar-refractivity contribution in [2.75, 3.05) is 44.2 Å². The normalized spacial score (nSPS) is 18.7. The number of hydrogen-bond donors (Lipinski definition) is 2. The Morgan fingerprint density at radius 2 is 2.05 bits per heavy atom. The molecule has 1 fully saturated rings. The van der Waals surface area contributed by atoms with Crippen molar-refractivity contribution < 1.29 is 8.42 Å². The minimum Gasteiger partial charge on any atom is -0.357 e. The molecule has 0 unspecified atom stereocenters. The molecule has 1 aliphatic rings. The first-order chi connectivity index (χ1) is 9.79. The Balaban J connectivity index is 0.00000441. The highest BCUT2D eigenvalue weighted by Crippen LogP contribution is 2.29. The molecular formula is C13H29IN4O2S2. The Morgan fingerprint density at radius 3 is 2.59 bits per heavy atom. The van der Waals surface area contributed by atoms with E-state index in [0.29, 0.717) is 13.1 Å². The van der Waals surface area contributed by atoms with E-state index in [1.165, 1.54) is 0 Å². The lowest BCUT2D eigenvalue weighted by Crippen LogP contribution is -2.51. The lowest BCUT2D eigenvalue weighted by atomic mass is 10.2. The predicted molar refractivity (Wildman–Crippen MR) is 107 cm³/mol. The number of thioether (sulfide) groups is 1. The van der Waals surface area contributed by atoms with Crippen molar-refractivity contribution >= 4 is 51.7 Å². The van der Waals surface area contributed by atoms with Crippen molar-refractivity contribution in [2.24, 2.45) is 4.99 Å². The summed E-state index contributed by atoms with van der Waals surface area (Å²) in [6, 6.07) is 0. The average molecular weight is 464 g/mol. The second kappa shape index (κ2) is 10.2. The summed E-state index contributed by atoms with van der Waals surface area (Å²) < 4.78 is 25.5. The molecule has 0 aromatic carbocycles. The Labute approximate surface area is 156 Å². The first kappa shape index (κ1) is 22.3. The van der Waals surface area contributed by atoms with Gasteiger partial charge in [0.2, 0.25) is 10.0 Å². The number of aliphatic imine (C=N–C) groups is 1. The molecule has 1 rings (SSSR count). The van der Waals surface area contributed by atoms with Crippen molar-refractivity contribution in [3.63, 3.8) is 0 Å². The van der Waals surface area contributed by atoms with E-state index < -0.39 is 10.0 Å². The molecule has 6 nitrogen and oxygen atoms in total. The summed E-state index contributed by atoms with van der Waals surface area (Å²) in [5.74, 6) is 2.07. The average Bonchev–Trinajstić information content (AvgIpc) is 2.41. The number of hydrogen-bond acceptors (Lipinski definition) is 4.